The zero-order valence-electron chi connectivity index (χ0n) is 11.3. The fourth-order valence-electron chi connectivity index (χ4n) is 2.21. The Hall–Kier alpha value is -1.46. The Kier molecular flexibility index (Phi) is 4.73. The number of nitrogens with zero attached hydrogens (tertiary/aromatic N) is 2. The first-order valence-corrected chi connectivity index (χ1v) is 6.77. The number of rotatable bonds is 5. The maximum Gasteiger partial charge on any atom is 0.129 e. The van der Waals surface area contributed by atoms with E-state index in [1.54, 1.807) is 17.9 Å². The van der Waals surface area contributed by atoms with Crippen LogP contribution in [-0.2, 0) is 13.0 Å². The molecule has 20 heavy (non-hydrogen) atoms. The first-order valence-electron chi connectivity index (χ1n) is 6.39. The highest BCUT2D eigenvalue weighted by atomic mass is 35.5. The van der Waals surface area contributed by atoms with Crippen LogP contribution in [0.1, 0.15) is 24.2 Å². The monoisotopic (exact) mass is 299 g/mol. The number of hydrogen-bond donors (Lipinski definition) is 1. The van der Waals surface area contributed by atoms with Crippen LogP contribution in [0, 0.1) is 11.6 Å². The molecule has 0 aliphatic heterocycles. The molecule has 2 aromatic rings. The van der Waals surface area contributed by atoms with E-state index in [2.05, 4.69) is 10.4 Å². The van der Waals surface area contributed by atoms with Gasteiger partial charge >= 0.3 is 0 Å². The van der Waals surface area contributed by atoms with Gasteiger partial charge in [-0.25, -0.2) is 8.78 Å². The third-order valence-corrected chi connectivity index (χ3v) is 3.54. The van der Waals surface area contributed by atoms with Crippen LogP contribution in [0.3, 0.4) is 0 Å². The van der Waals surface area contributed by atoms with Crippen LogP contribution >= 0.6 is 11.6 Å². The molecule has 0 saturated heterocycles. The molecule has 0 bridgehead atoms. The Morgan fingerprint density at radius 2 is 2.15 bits per heavy atom. The molecular weight excluding hydrogens is 284 g/mol. The third kappa shape index (κ3) is 2.99. The number of benzene rings is 1. The minimum absolute atomic E-state index is 0.190. The molecule has 0 radical (unpaired) electrons. The molecule has 2 rings (SSSR count). The fourth-order valence-corrected chi connectivity index (χ4v) is 2.49. The summed E-state index contributed by atoms with van der Waals surface area (Å²) in [5.74, 6) is -1.13. The van der Waals surface area contributed by atoms with Gasteiger partial charge in [0.15, 0.2) is 0 Å². The van der Waals surface area contributed by atoms with Gasteiger partial charge in [0, 0.05) is 12.6 Å². The van der Waals surface area contributed by atoms with Crippen molar-refractivity contribution < 1.29 is 8.78 Å². The van der Waals surface area contributed by atoms with Gasteiger partial charge < -0.3 is 5.32 Å². The molecule has 0 aliphatic rings. The van der Waals surface area contributed by atoms with Crippen LogP contribution in [0.5, 0.6) is 0 Å². The average Bonchev–Trinajstić information content (AvgIpc) is 2.79. The third-order valence-electron chi connectivity index (χ3n) is 3.25. The van der Waals surface area contributed by atoms with E-state index in [0.717, 1.165) is 11.8 Å². The van der Waals surface area contributed by atoms with Crippen molar-refractivity contribution in [2.24, 2.45) is 0 Å². The molecule has 1 aromatic carbocycles. The summed E-state index contributed by atoms with van der Waals surface area (Å²) in [4.78, 5) is 0. The van der Waals surface area contributed by atoms with Crippen molar-refractivity contribution in [3.05, 3.63) is 52.3 Å². The Morgan fingerprint density at radius 3 is 2.75 bits per heavy atom. The smallest absolute Gasteiger partial charge is 0.129 e. The van der Waals surface area contributed by atoms with Gasteiger partial charge in [0.1, 0.15) is 11.6 Å². The Morgan fingerprint density at radius 1 is 1.40 bits per heavy atom. The standard InChI is InChI=1S/C14H16ClF2N3/c1-3-20-14(11(15)8-19-20)13(18-2)6-9-4-5-10(16)7-12(9)17/h4-5,7-8,13,18H,3,6H2,1-2H3. The molecule has 3 nitrogen and oxygen atoms in total. The van der Waals surface area contributed by atoms with Gasteiger partial charge in [-0.1, -0.05) is 17.7 Å². The lowest BCUT2D eigenvalue weighted by molar-refractivity contribution is 0.498. The molecule has 0 saturated carbocycles. The predicted molar refractivity (Wildman–Crippen MR) is 74.8 cm³/mol. The molecular formula is C14H16ClF2N3. The molecule has 0 amide bonds. The maximum absolute atomic E-state index is 13.7. The number of aromatic nitrogens is 2. The Labute approximate surface area is 121 Å². The van der Waals surface area contributed by atoms with Crippen LogP contribution < -0.4 is 5.32 Å². The van der Waals surface area contributed by atoms with Gasteiger partial charge in [0.25, 0.3) is 0 Å². The second kappa shape index (κ2) is 6.33. The van der Waals surface area contributed by atoms with Gasteiger partial charge in [0.2, 0.25) is 0 Å². The van der Waals surface area contributed by atoms with Crippen LogP contribution in [0.2, 0.25) is 5.02 Å². The summed E-state index contributed by atoms with van der Waals surface area (Å²) in [7, 11) is 1.77. The zero-order valence-corrected chi connectivity index (χ0v) is 12.1. The molecule has 108 valence electrons. The van der Waals surface area contributed by atoms with Crippen molar-refractivity contribution in [3.63, 3.8) is 0 Å². The zero-order chi connectivity index (χ0) is 14.7. The van der Waals surface area contributed by atoms with Crippen molar-refractivity contribution in [1.82, 2.24) is 15.1 Å². The average molecular weight is 300 g/mol. The highest BCUT2D eigenvalue weighted by Gasteiger charge is 2.20. The van der Waals surface area contributed by atoms with Gasteiger partial charge in [-0.3, -0.25) is 4.68 Å². The number of halogens is 3. The molecule has 0 aliphatic carbocycles. The SMILES string of the molecule is CCn1ncc(Cl)c1C(Cc1ccc(F)cc1F)NC. The van der Waals surface area contributed by atoms with Gasteiger partial charge in [-0.2, -0.15) is 5.10 Å². The molecule has 1 atom stereocenters. The number of nitrogens with one attached hydrogen (secondary N) is 1. The normalized spacial score (nSPS) is 12.7. The van der Waals surface area contributed by atoms with Crippen molar-refractivity contribution in [2.75, 3.05) is 7.05 Å². The molecule has 0 fully saturated rings. The summed E-state index contributed by atoms with van der Waals surface area (Å²) in [6.07, 6.45) is 1.94. The lowest BCUT2D eigenvalue weighted by Gasteiger charge is -2.18. The minimum Gasteiger partial charge on any atom is -0.311 e. The van der Waals surface area contributed by atoms with E-state index in [1.165, 1.54) is 12.1 Å². The van der Waals surface area contributed by atoms with E-state index in [1.807, 2.05) is 6.92 Å². The number of likely N-dealkylation sites (N-methyl/N-ethyl adjacent to an activating group) is 1. The van der Waals surface area contributed by atoms with E-state index in [4.69, 9.17) is 11.6 Å². The quantitative estimate of drug-likeness (QED) is 0.918. The van der Waals surface area contributed by atoms with E-state index < -0.39 is 11.6 Å². The fraction of sp³-hybridized carbons (Fsp3) is 0.357. The molecule has 1 N–H and O–H groups in total. The van der Waals surface area contributed by atoms with Gasteiger partial charge in [-0.15, -0.1) is 0 Å². The Balaban J connectivity index is 2.31. The van der Waals surface area contributed by atoms with Crippen molar-refractivity contribution in [3.8, 4) is 0 Å². The maximum atomic E-state index is 13.7. The molecule has 1 heterocycles. The first kappa shape index (κ1) is 14.9. The minimum atomic E-state index is -0.580. The summed E-state index contributed by atoms with van der Waals surface area (Å²) >= 11 is 6.15. The van der Waals surface area contributed by atoms with Gasteiger partial charge in [-0.05, 0) is 32.0 Å². The highest BCUT2D eigenvalue weighted by molar-refractivity contribution is 6.31. The number of hydrogen-bond acceptors (Lipinski definition) is 2. The van der Waals surface area contributed by atoms with Crippen LogP contribution in [0.4, 0.5) is 8.78 Å². The molecule has 1 unspecified atom stereocenters. The van der Waals surface area contributed by atoms with Crippen LogP contribution in [0.25, 0.3) is 0 Å². The largest absolute Gasteiger partial charge is 0.311 e. The van der Waals surface area contributed by atoms with Crippen molar-refractivity contribution in [2.45, 2.75) is 25.9 Å². The summed E-state index contributed by atoms with van der Waals surface area (Å²) in [6.45, 7) is 2.63. The molecule has 0 spiro atoms. The second-order valence-corrected chi connectivity index (χ2v) is 4.88. The highest BCUT2D eigenvalue weighted by Crippen LogP contribution is 2.26. The van der Waals surface area contributed by atoms with Crippen molar-refractivity contribution in [1.29, 1.82) is 0 Å². The van der Waals surface area contributed by atoms with Crippen LogP contribution in [0.15, 0.2) is 24.4 Å². The second-order valence-electron chi connectivity index (χ2n) is 4.47. The number of aryl methyl sites for hydroxylation is 1. The summed E-state index contributed by atoms with van der Waals surface area (Å²) in [5.41, 5.74) is 1.24. The van der Waals surface area contributed by atoms with E-state index >= 15 is 0 Å². The lowest BCUT2D eigenvalue weighted by atomic mass is 10.0. The summed E-state index contributed by atoms with van der Waals surface area (Å²) < 4.78 is 28.4. The van der Waals surface area contributed by atoms with E-state index in [9.17, 15) is 8.78 Å². The van der Waals surface area contributed by atoms with Crippen LogP contribution in [-0.4, -0.2) is 16.8 Å². The Bertz CT molecular complexity index is 598. The van der Waals surface area contributed by atoms with Crippen molar-refractivity contribution >= 4 is 11.6 Å². The summed E-state index contributed by atoms with van der Waals surface area (Å²) in [6, 6.07) is 3.41. The summed E-state index contributed by atoms with van der Waals surface area (Å²) in [5, 5.41) is 7.81. The molecule has 6 heteroatoms. The van der Waals surface area contributed by atoms with Gasteiger partial charge in [0.05, 0.1) is 23.0 Å². The first-order chi connectivity index (χ1) is 9.56. The van der Waals surface area contributed by atoms with E-state index in [0.29, 0.717) is 23.6 Å². The lowest BCUT2D eigenvalue weighted by Crippen LogP contribution is -2.23. The topological polar surface area (TPSA) is 29.9 Å². The molecule has 1 aromatic heterocycles. The van der Waals surface area contributed by atoms with E-state index in [-0.39, 0.29) is 6.04 Å². The predicted octanol–water partition coefficient (Wildman–Crippen LogP) is 3.34.